The molecule has 1 aromatic heterocycles. The molecular weight excluding hydrogens is 522 g/mol. The van der Waals surface area contributed by atoms with Crippen molar-refractivity contribution in [2.75, 3.05) is 20.2 Å². The van der Waals surface area contributed by atoms with Crippen LogP contribution in [0.25, 0.3) is 0 Å². The van der Waals surface area contributed by atoms with Crippen molar-refractivity contribution in [2.24, 2.45) is 12.0 Å². The summed E-state index contributed by atoms with van der Waals surface area (Å²) in [6, 6.07) is 14.7. The summed E-state index contributed by atoms with van der Waals surface area (Å²) < 4.78 is 20.5. The van der Waals surface area contributed by atoms with Crippen LogP contribution >= 0.6 is 24.0 Å². The van der Waals surface area contributed by atoms with Gasteiger partial charge in [-0.2, -0.15) is 0 Å². The zero-order valence-corrected chi connectivity index (χ0v) is 21.0. The Morgan fingerprint density at radius 3 is 2.31 bits per heavy atom. The third-order valence-electron chi connectivity index (χ3n) is 5.02. The van der Waals surface area contributed by atoms with Crippen LogP contribution in [0.15, 0.2) is 53.5 Å². The molecule has 0 aliphatic heterocycles. The van der Waals surface area contributed by atoms with Gasteiger partial charge in [-0.25, -0.2) is 9.38 Å². The van der Waals surface area contributed by atoms with Crippen LogP contribution in [-0.4, -0.2) is 40.9 Å². The molecule has 1 heterocycles. The lowest BCUT2D eigenvalue weighted by atomic mass is 10.1. The van der Waals surface area contributed by atoms with Crippen LogP contribution in [0.3, 0.4) is 0 Å². The summed E-state index contributed by atoms with van der Waals surface area (Å²) in [5.41, 5.74) is 2.14. The molecule has 172 valence electrons. The van der Waals surface area contributed by atoms with Gasteiger partial charge in [0.15, 0.2) is 11.8 Å². The fourth-order valence-corrected chi connectivity index (χ4v) is 3.05. The molecule has 0 atom stereocenters. The van der Waals surface area contributed by atoms with E-state index in [0.717, 1.165) is 35.9 Å². The van der Waals surface area contributed by atoms with Crippen LogP contribution in [0.4, 0.5) is 4.39 Å². The first-order chi connectivity index (χ1) is 15.0. The molecule has 0 amide bonds. The van der Waals surface area contributed by atoms with E-state index in [0.29, 0.717) is 25.5 Å². The minimum absolute atomic E-state index is 0. The van der Waals surface area contributed by atoms with Crippen LogP contribution in [0, 0.1) is 12.7 Å². The Balaban J connectivity index is 0.00000363. The Bertz CT molecular complexity index is 1010. The van der Waals surface area contributed by atoms with Crippen LogP contribution in [0.2, 0.25) is 0 Å². The first-order valence-corrected chi connectivity index (χ1v) is 10.3. The summed E-state index contributed by atoms with van der Waals surface area (Å²) in [6.45, 7) is 3.67. The highest BCUT2D eigenvalue weighted by atomic mass is 127. The van der Waals surface area contributed by atoms with Crippen LogP contribution in [0.5, 0.6) is 5.75 Å². The van der Waals surface area contributed by atoms with E-state index in [4.69, 9.17) is 4.74 Å². The van der Waals surface area contributed by atoms with Crippen molar-refractivity contribution in [3.63, 3.8) is 0 Å². The van der Waals surface area contributed by atoms with Crippen molar-refractivity contribution in [2.45, 2.75) is 26.3 Å². The van der Waals surface area contributed by atoms with E-state index in [1.165, 1.54) is 11.6 Å². The fourth-order valence-electron chi connectivity index (χ4n) is 3.05. The zero-order chi connectivity index (χ0) is 22.1. The predicted octanol–water partition coefficient (Wildman–Crippen LogP) is 3.41. The van der Waals surface area contributed by atoms with Crippen LogP contribution < -0.4 is 15.4 Å². The van der Waals surface area contributed by atoms with E-state index in [-0.39, 0.29) is 29.8 Å². The molecule has 0 saturated carbocycles. The van der Waals surface area contributed by atoms with E-state index in [9.17, 15) is 4.39 Å². The first-order valence-electron chi connectivity index (χ1n) is 10.3. The molecule has 0 radical (unpaired) electrons. The highest BCUT2D eigenvalue weighted by molar-refractivity contribution is 14.0. The van der Waals surface area contributed by atoms with Crippen molar-refractivity contribution in [1.29, 1.82) is 0 Å². The summed E-state index contributed by atoms with van der Waals surface area (Å²) in [5.74, 6) is 2.95. The van der Waals surface area contributed by atoms with Gasteiger partial charge in [-0.15, -0.1) is 34.2 Å². The second-order valence-corrected chi connectivity index (χ2v) is 7.22. The van der Waals surface area contributed by atoms with Crippen molar-refractivity contribution in [3.8, 4) is 5.75 Å². The Morgan fingerprint density at radius 2 is 1.72 bits per heavy atom. The first kappa shape index (κ1) is 25.6. The van der Waals surface area contributed by atoms with Crippen molar-refractivity contribution >= 4 is 29.9 Å². The van der Waals surface area contributed by atoms with Crippen molar-refractivity contribution in [1.82, 2.24) is 25.4 Å². The number of hydrogen-bond donors (Lipinski definition) is 2. The lowest BCUT2D eigenvalue weighted by molar-refractivity contribution is 0.414. The number of hydrogen-bond acceptors (Lipinski definition) is 4. The van der Waals surface area contributed by atoms with Gasteiger partial charge in [0, 0.05) is 20.1 Å². The molecule has 3 rings (SSSR count). The van der Waals surface area contributed by atoms with E-state index < -0.39 is 0 Å². The molecule has 0 aliphatic rings. The quantitative estimate of drug-likeness (QED) is 0.242. The summed E-state index contributed by atoms with van der Waals surface area (Å²) >= 11 is 0. The minimum Gasteiger partial charge on any atom is -0.497 e. The van der Waals surface area contributed by atoms with Gasteiger partial charge in [-0.05, 0) is 55.2 Å². The molecule has 7 nitrogen and oxygen atoms in total. The van der Waals surface area contributed by atoms with Gasteiger partial charge < -0.3 is 19.9 Å². The normalized spacial score (nSPS) is 11.1. The number of aryl methyl sites for hydroxylation is 1. The van der Waals surface area contributed by atoms with Gasteiger partial charge in [0.2, 0.25) is 0 Å². The lowest BCUT2D eigenvalue weighted by Crippen LogP contribution is -2.39. The Morgan fingerprint density at radius 1 is 1.03 bits per heavy atom. The Hall–Kier alpha value is -2.69. The van der Waals surface area contributed by atoms with E-state index >= 15 is 0 Å². The second kappa shape index (κ2) is 13.0. The zero-order valence-electron chi connectivity index (χ0n) is 18.6. The standard InChI is InChI=1S/C23H29FN6O.HI/c1-17-28-29-22(30(17)2)16-27-23(26-14-12-19-5-4-6-20(24)15-19)25-13-11-18-7-9-21(31-3)10-8-18;/h4-10,15H,11-14,16H2,1-3H3,(H2,25,26,27);1H. The Kier molecular flexibility index (Phi) is 10.4. The molecule has 0 saturated heterocycles. The maximum Gasteiger partial charge on any atom is 0.191 e. The van der Waals surface area contributed by atoms with E-state index in [1.807, 2.05) is 36.7 Å². The third kappa shape index (κ3) is 7.77. The summed E-state index contributed by atoms with van der Waals surface area (Å²) in [5, 5.41) is 14.9. The van der Waals surface area contributed by atoms with Gasteiger partial charge in [0.25, 0.3) is 0 Å². The monoisotopic (exact) mass is 552 g/mol. The number of nitrogens with one attached hydrogen (secondary N) is 2. The van der Waals surface area contributed by atoms with Gasteiger partial charge in [-0.3, -0.25) is 0 Å². The number of methoxy groups -OCH3 is 1. The average Bonchev–Trinajstić information content (AvgIpc) is 3.10. The van der Waals surface area contributed by atoms with Crippen LogP contribution in [0.1, 0.15) is 22.8 Å². The second-order valence-electron chi connectivity index (χ2n) is 7.22. The molecule has 0 unspecified atom stereocenters. The molecular formula is C23H30FIN6O. The fraction of sp³-hybridized carbons (Fsp3) is 0.348. The Labute approximate surface area is 205 Å². The molecule has 0 aliphatic carbocycles. The predicted molar refractivity (Wildman–Crippen MR) is 135 cm³/mol. The van der Waals surface area contributed by atoms with Gasteiger partial charge in [-0.1, -0.05) is 24.3 Å². The van der Waals surface area contributed by atoms with Crippen molar-refractivity contribution < 1.29 is 9.13 Å². The molecule has 0 fully saturated rings. The molecule has 0 spiro atoms. The highest BCUT2D eigenvalue weighted by Gasteiger charge is 2.06. The average molecular weight is 552 g/mol. The molecule has 9 heteroatoms. The SMILES string of the molecule is COc1ccc(CCNC(=NCc2nnc(C)n2C)NCCc2cccc(F)c2)cc1.I. The smallest absolute Gasteiger partial charge is 0.191 e. The van der Waals surface area contributed by atoms with Crippen LogP contribution in [-0.2, 0) is 26.4 Å². The molecule has 3 aromatic rings. The maximum absolute atomic E-state index is 13.4. The summed E-state index contributed by atoms with van der Waals surface area (Å²) in [6.07, 6.45) is 1.54. The number of nitrogens with zero attached hydrogens (tertiary/aromatic N) is 4. The summed E-state index contributed by atoms with van der Waals surface area (Å²) in [4.78, 5) is 4.65. The third-order valence-corrected chi connectivity index (χ3v) is 5.02. The number of aromatic nitrogens is 3. The van der Waals surface area contributed by atoms with E-state index in [2.05, 4.69) is 38.0 Å². The number of benzene rings is 2. The number of halogens is 2. The molecule has 0 bridgehead atoms. The number of rotatable bonds is 9. The molecule has 32 heavy (non-hydrogen) atoms. The maximum atomic E-state index is 13.4. The van der Waals surface area contributed by atoms with Gasteiger partial charge >= 0.3 is 0 Å². The highest BCUT2D eigenvalue weighted by Crippen LogP contribution is 2.11. The molecule has 2 N–H and O–H groups in total. The number of aliphatic imine (C=N–C) groups is 1. The lowest BCUT2D eigenvalue weighted by Gasteiger charge is -2.13. The van der Waals surface area contributed by atoms with E-state index in [1.54, 1.807) is 19.2 Å². The van der Waals surface area contributed by atoms with Gasteiger partial charge in [0.05, 0.1) is 7.11 Å². The summed E-state index contributed by atoms with van der Waals surface area (Å²) in [7, 11) is 3.59. The number of ether oxygens (including phenoxy) is 1. The topological polar surface area (TPSA) is 76.4 Å². The van der Waals surface area contributed by atoms with Crippen molar-refractivity contribution in [3.05, 3.63) is 77.1 Å². The number of guanidine groups is 1. The minimum atomic E-state index is -0.221. The largest absolute Gasteiger partial charge is 0.497 e. The molecule has 2 aromatic carbocycles. The van der Waals surface area contributed by atoms with Gasteiger partial charge in [0.1, 0.15) is 23.9 Å².